The van der Waals surface area contributed by atoms with E-state index in [1.807, 2.05) is 0 Å². The average Bonchev–Trinajstić information content (AvgIpc) is 2.87. The number of benzene rings is 1. The minimum Gasteiger partial charge on any atom is -0.367 e. The lowest BCUT2D eigenvalue weighted by Crippen LogP contribution is -2.62. The summed E-state index contributed by atoms with van der Waals surface area (Å²) in [7, 11) is -1.47. The Balaban J connectivity index is 1.81. The molecule has 0 radical (unpaired) electrons. The molecule has 0 amide bonds. The minimum absolute atomic E-state index is 0.585. The zero-order valence-electron chi connectivity index (χ0n) is 16.6. The van der Waals surface area contributed by atoms with Crippen molar-refractivity contribution in [2.45, 2.75) is 46.1 Å². The summed E-state index contributed by atoms with van der Waals surface area (Å²) >= 11 is 0. The fourth-order valence-electron chi connectivity index (χ4n) is 4.98. The molecule has 1 aliphatic carbocycles. The van der Waals surface area contributed by atoms with Crippen molar-refractivity contribution in [3.05, 3.63) is 52.6 Å². The maximum atomic E-state index is 5.01. The Kier molecular flexibility index (Phi) is 4.78. The van der Waals surface area contributed by atoms with Gasteiger partial charge in [-0.25, -0.2) is 0 Å². The van der Waals surface area contributed by atoms with E-state index in [4.69, 9.17) is 4.99 Å². The summed E-state index contributed by atoms with van der Waals surface area (Å²) in [5.74, 6) is 1.30. The first-order chi connectivity index (χ1) is 12.6. The molecule has 1 aromatic carbocycles. The molecule has 0 N–H and O–H groups in total. The van der Waals surface area contributed by atoms with Crippen molar-refractivity contribution in [1.82, 2.24) is 9.47 Å². The van der Waals surface area contributed by atoms with Gasteiger partial charge in [0.25, 0.3) is 0 Å². The van der Waals surface area contributed by atoms with E-state index in [1.165, 1.54) is 43.0 Å². The molecule has 0 aromatic heterocycles. The normalized spacial score (nSPS) is 22.7. The molecule has 4 heteroatoms. The highest BCUT2D eigenvalue weighted by molar-refractivity contribution is 6.75. The lowest BCUT2D eigenvalue weighted by Gasteiger charge is -2.46. The Morgan fingerprint density at radius 3 is 2.23 bits per heavy atom. The van der Waals surface area contributed by atoms with E-state index in [-0.39, 0.29) is 0 Å². The number of rotatable bonds is 3. The van der Waals surface area contributed by atoms with E-state index in [0.29, 0.717) is 5.54 Å². The molecule has 0 bridgehead atoms. The van der Waals surface area contributed by atoms with Gasteiger partial charge < -0.3 is 9.47 Å². The first-order valence-corrected chi connectivity index (χ1v) is 11.8. The summed E-state index contributed by atoms with van der Waals surface area (Å²) in [6.07, 6.45) is 2.46. The van der Waals surface area contributed by atoms with E-state index in [9.17, 15) is 0 Å². The first-order valence-electron chi connectivity index (χ1n) is 10.1. The molecule has 0 spiro atoms. The molecule has 0 saturated carbocycles. The van der Waals surface area contributed by atoms with Crippen LogP contribution < -0.4 is 5.19 Å². The van der Waals surface area contributed by atoms with Crippen LogP contribution in [-0.4, -0.2) is 50.6 Å². The standard InChI is InChI=1S/C22H31N3Si/c1-16-17(2)19(4)21(18(16)3)26(20-10-6-5-7-11-20)25-15-9-14-24-13-8-12-23-22(24)25/h5-7,10-11,21,26H,8-9,12-15H2,1-4H3. The quantitative estimate of drug-likeness (QED) is 0.764. The number of hydrogen-bond donors (Lipinski definition) is 0. The summed E-state index contributed by atoms with van der Waals surface area (Å²) in [5.41, 5.74) is 6.80. The van der Waals surface area contributed by atoms with Crippen LogP contribution in [0.5, 0.6) is 0 Å². The van der Waals surface area contributed by atoms with E-state index in [0.717, 1.165) is 13.1 Å². The van der Waals surface area contributed by atoms with E-state index in [2.05, 4.69) is 67.5 Å². The van der Waals surface area contributed by atoms with Crippen LogP contribution in [0.4, 0.5) is 0 Å². The Hall–Kier alpha value is -1.81. The van der Waals surface area contributed by atoms with Crippen LogP contribution >= 0.6 is 0 Å². The van der Waals surface area contributed by atoms with Crippen LogP contribution in [0.25, 0.3) is 0 Å². The number of nitrogens with zero attached hydrogens (tertiary/aromatic N) is 3. The summed E-state index contributed by atoms with van der Waals surface area (Å²) in [5, 5.41) is 1.55. The third-order valence-corrected chi connectivity index (χ3v) is 10.5. The largest absolute Gasteiger partial charge is 0.367 e. The lowest BCUT2D eigenvalue weighted by molar-refractivity contribution is 0.299. The molecular formula is C22H31N3Si. The third kappa shape index (κ3) is 2.84. The van der Waals surface area contributed by atoms with Crippen molar-refractivity contribution in [2.75, 3.05) is 26.2 Å². The van der Waals surface area contributed by atoms with Gasteiger partial charge in [0, 0.05) is 31.7 Å². The number of guanidine groups is 1. The molecule has 2 heterocycles. The van der Waals surface area contributed by atoms with E-state index >= 15 is 0 Å². The van der Waals surface area contributed by atoms with E-state index in [1.54, 1.807) is 16.3 Å². The predicted octanol–water partition coefficient (Wildman–Crippen LogP) is 3.44. The second-order valence-electron chi connectivity index (χ2n) is 8.02. The van der Waals surface area contributed by atoms with Gasteiger partial charge in [0.15, 0.2) is 14.9 Å². The zero-order valence-corrected chi connectivity index (χ0v) is 17.8. The third-order valence-electron chi connectivity index (χ3n) is 6.68. The maximum absolute atomic E-state index is 5.01. The predicted molar refractivity (Wildman–Crippen MR) is 114 cm³/mol. The summed E-state index contributed by atoms with van der Waals surface area (Å²) < 4.78 is 2.75. The highest BCUT2D eigenvalue weighted by Crippen LogP contribution is 2.43. The monoisotopic (exact) mass is 365 g/mol. The smallest absolute Gasteiger partial charge is 0.188 e. The molecule has 1 aromatic rings. The molecule has 1 fully saturated rings. The lowest BCUT2D eigenvalue weighted by atomic mass is 10.1. The summed E-state index contributed by atoms with van der Waals surface area (Å²) in [4.78, 5) is 7.55. The fourth-order valence-corrected chi connectivity index (χ4v) is 9.10. The van der Waals surface area contributed by atoms with Gasteiger partial charge in [0.1, 0.15) is 0 Å². The van der Waals surface area contributed by atoms with Gasteiger partial charge in [-0.05, 0) is 56.9 Å². The molecular weight excluding hydrogens is 334 g/mol. The van der Waals surface area contributed by atoms with E-state index < -0.39 is 8.96 Å². The Labute approximate surface area is 159 Å². The molecule has 138 valence electrons. The number of hydrogen-bond acceptors (Lipinski definition) is 3. The molecule has 1 saturated heterocycles. The van der Waals surface area contributed by atoms with Crippen molar-refractivity contribution in [1.29, 1.82) is 0 Å². The molecule has 1 unspecified atom stereocenters. The van der Waals surface area contributed by atoms with Crippen molar-refractivity contribution in [3.8, 4) is 0 Å². The molecule has 26 heavy (non-hydrogen) atoms. The maximum Gasteiger partial charge on any atom is 0.188 e. The number of fused-ring (bicyclic) bond motifs is 1. The van der Waals surface area contributed by atoms with Crippen molar-refractivity contribution in [3.63, 3.8) is 0 Å². The van der Waals surface area contributed by atoms with Crippen molar-refractivity contribution < 1.29 is 0 Å². The van der Waals surface area contributed by atoms with Crippen LogP contribution in [0.15, 0.2) is 57.6 Å². The Bertz CT molecular complexity index is 754. The highest BCUT2D eigenvalue weighted by Gasteiger charge is 2.41. The highest BCUT2D eigenvalue weighted by atomic mass is 28.3. The number of aliphatic imine (C=N–C) groups is 1. The molecule has 2 aliphatic heterocycles. The van der Waals surface area contributed by atoms with Crippen LogP contribution in [0.2, 0.25) is 5.54 Å². The van der Waals surface area contributed by atoms with Crippen molar-refractivity contribution >= 4 is 20.1 Å². The molecule has 3 nitrogen and oxygen atoms in total. The van der Waals surface area contributed by atoms with Crippen molar-refractivity contribution in [2.24, 2.45) is 4.99 Å². The van der Waals surface area contributed by atoms with Gasteiger partial charge in [-0.15, -0.1) is 0 Å². The minimum atomic E-state index is -1.47. The van der Waals surface area contributed by atoms with Crippen LogP contribution in [0, 0.1) is 0 Å². The fraction of sp³-hybridized carbons (Fsp3) is 0.500. The second-order valence-corrected chi connectivity index (χ2v) is 10.9. The van der Waals surface area contributed by atoms with Crippen LogP contribution in [0.1, 0.15) is 40.5 Å². The molecule has 4 rings (SSSR count). The molecule has 3 aliphatic rings. The van der Waals surface area contributed by atoms with Gasteiger partial charge in [-0.2, -0.15) is 0 Å². The SMILES string of the molecule is CC1=C(C)C([SiH](c2ccccc2)N2CCCN3CCCN=C32)C(C)=C1C. The Morgan fingerprint density at radius 1 is 0.885 bits per heavy atom. The number of allylic oxidation sites excluding steroid dienone is 4. The van der Waals surface area contributed by atoms with Gasteiger partial charge in [-0.3, -0.25) is 4.99 Å². The van der Waals surface area contributed by atoms with Gasteiger partial charge in [-0.1, -0.05) is 41.5 Å². The Morgan fingerprint density at radius 2 is 1.54 bits per heavy atom. The van der Waals surface area contributed by atoms with Gasteiger partial charge >= 0.3 is 0 Å². The van der Waals surface area contributed by atoms with Crippen LogP contribution in [0.3, 0.4) is 0 Å². The second kappa shape index (κ2) is 7.07. The van der Waals surface area contributed by atoms with Crippen LogP contribution in [-0.2, 0) is 0 Å². The first kappa shape index (κ1) is 17.6. The van der Waals surface area contributed by atoms with Gasteiger partial charge in [0.2, 0.25) is 0 Å². The summed E-state index contributed by atoms with van der Waals surface area (Å²) in [6, 6.07) is 11.3. The molecule has 1 atom stereocenters. The summed E-state index contributed by atoms with van der Waals surface area (Å²) in [6.45, 7) is 13.9. The average molecular weight is 366 g/mol. The zero-order chi connectivity index (χ0) is 18.3. The topological polar surface area (TPSA) is 18.8 Å². The van der Waals surface area contributed by atoms with Gasteiger partial charge in [0.05, 0.1) is 0 Å².